The number of methoxy groups -OCH3 is 6. The molecule has 7 saturated heterocycles. The zero-order chi connectivity index (χ0) is 106. The molecule has 802 valence electrons. The van der Waals surface area contributed by atoms with Crippen LogP contribution in [0.1, 0.15) is 158 Å². The Labute approximate surface area is 836 Å². The van der Waals surface area contributed by atoms with Crippen LogP contribution in [0.2, 0.25) is 0 Å². The minimum atomic E-state index is -2.38. The van der Waals surface area contributed by atoms with Crippen molar-refractivity contribution in [2.45, 2.75) is 314 Å². The van der Waals surface area contributed by atoms with E-state index in [2.05, 4.69) is 6.92 Å². The monoisotopic (exact) mass is 2020 g/mol. The molecule has 12 rings (SSSR count). The average molecular weight is 2030 g/mol. The highest BCUT2D eigenvalue weighted by molar-refractivity contribution is 5.82. The second-order valence-corrected chi connectivity index (χ2v) is 39.3. The van der Waals surface area contributed by atoms with E-state index >= 15 is 0 Å². The number of aliphatic carboxylic acids is 1. The molecule has 7 heterocycles. The van der Waals surface area contributed by atoms with Gasteiger partial charge in [0.05, 0.1) is 140 Å². The standard InChI is InChI=1S/C42H60O13.C24H30O6.C20H32O13.C18H30O7/c1-10-31(52-27(4)43)25(2)36-26(3)32(53-28(5)44)21-42(55-36,40(47)49-9)41(6,7)38(46)34-35(45)39(48-8)54-33(24-50-22-29-17-13-11-14-18-29)37(34)51-23-30-19-15-12-16-20-30;1-17-21(13-25)23(29-15-19-9-11-20(26-2)12-10-19)24(27-3)30-22(17)16-28-14-18-7-5-4-6-8-18;1-8-9(23)3-19(16(27)28,33-13(8)12(25)10(24)4-21)15-18-6-20(18,31-7-30-15)17(29-2)32-11(5-22)14(18)26;1-10-8-18(6,17(21)22-7)25-16(11(10)2)12(3)15(24-14(5)20)9-23-13(4)19/h11-20,25-26,31-39,45-46H,10,21-24H2,1-9H3;4-13,17,21-24H,14-16H2,1-3H3;8-15,17,21-26H,3-7H2,1-2H3,(H,27,28);10-12,15-16H,8-9H2,1-7H3/p-1/t25?,26-,31?,32-,33?,34-,35?,36?,37+,38?,39-,42-;17-,21+,22?,23?,24-;8-,9-,10?,11?,12?,13?,14?,15?,17?,18-,19+,20+;10-,11-,12-,15-,16?,18-/m1111/s1. The van der Waals surface area contributed by atoms with Crippen molar-refractivity contribution in [1.82, 2.24) is 0 Å². The first-order valence-corrected chi connectivity index (χ1v) is 48.6. The highest BCUT2D eigenvalue weighted by Gasteiger charge is 2.87. The van der Waals surface area contributed by atoms with E-state index in [0.717, 1.165) is 34.3 Å². The Morgan fingerprint density at radius 3 is 1.62 bits per heavy atom. The predicted molar refractivity (Wildman–Crippen MR) is 503 cm³/mol. The van der Waals surface area contributed by atoms with Gasteiger partial charge in [-0.3, -0.25) is 19.2 Å². The zero-order valence-corrected chi connectivity index (χ0v) is 85.7. The van der Waals surface area contributed by atoms with Crippen molar-refractivity contribution in [3.8, 4) is 5.75 Å². The number of carbonyl (C=O) groups excluding carboxylic acids is 8. The summed E-state index contributed by atoms with van der Waals surface area (Å²) in [7, 11) is 8.47. The van der Waals surface area contributed by atoms with E-state index in [9.17, 15) is 84.3 Å². The number of hydrogen-bond acceptors (Lipinski definition) is 39. The molecule has 8 fully saturated rings. The van der Waals surface area contributed by atoms with Crippen molar-refractivity contribution in [3.63, 3.8) is 0 Å². The van der Waals surface area contributed by atoms with Gasteiger partial charge in [0.15, 0.2) is 30.1 Å². The first-order chi connectivity index (χ1) is 67.8. The number of aliphatic hydroxyl groups is 8. The molecule has 143 heavy (non-hydrogen) atoms. The van der Waals surface area contributed by atoms with Gasteiger partial charge < -0.3 is 160 Å². The van der Waals surface area contributed by atoms with E-state index in [0.29, 0.717) is 32.7 Å². The van der Waals surface area contributed by atoms with Gasteiger partial charge >= 0.3 is 35.8 Å². The molecule has 35 atom stereocenters. The Morgan fingerprint density at radius 2 is 1.11 bits per heavy atom. The number of benzene rings is 4. The molecule has 4 aromatic rings. The van der Waals surface area contributed by atoms with Gasteiger partial charge in [-0.1, -0.05) is 172 Å². The number of ether oxygens (including phenoxy) is 22. The number of carboxylic acids is 1. The summed E-state index contributed by atoms with van der Waals surface area (Å²) in [6.45, 7) is 25.0. The third kappa shape index (κ3) is 27.3. The zero-order valence-electron chi connectivity index (χ0n) is 85.7. The number of aldehydes is 1. The van der Waals surface area contributed by atoms with Crippen molar-refractivity contribution < 1.29 is 189 Å². The lowest BCUT2D eigenvalue weighted by atomic mass is 9.60. The Kier molecular flexibility index (Phi) is 43.9. The van der Waals surface area contributed by atoms with Crippen molar-refractivity contribution in [1.29, 1.82) is 0 Å². The van der Waals surface area contributed by atoms with Crippen LogP contribution in [0.15, 0.2) is 115 Å². The lowest BCUT2D eigenvalue weighted by molar-refractivity contribution is -0.391. The third-order valence-electron chi connectivity index (χ3n) is 29.8. The maximum atomic E-state index is 14.3. The van der Waals surface area contributed by atoms with E-state index in [-0.39, 0.29) is 81.1 Å². The van der Waals surface area contributed by atoms with Crippen LogP contribution < -0.4 is 9.84 Å². The lowest BCUT2D eigenvalue weighted by Crippen LogP contribution is -2.74. The highest BCUT2D eigenvalue weighted by atomic mass is 16.8. The fraction of sp³-hybridized carbons (Fsp3) is 0.692. The Hall–Kier alpha value is -8.28. The summed E-state index contributed by atoms with van der Waals surface area (Å²) in [6.07, 6.45) is -20.7. The Morgan fingerprint density at radius 1 is 0.580 bits per heavy atom. The summed E-state index contributed by atoms with van der Waals surface area (Å²) in [6, 6.07) is 36.6. The SMILES string of the molecule is CCC(OC(C)=O)C(C)C1O[C@](C(=O)OC)(C(C)(C)C(O)[C@@H]2C(O)[C@H](OC)OC(COCc3ccccc3)[C@@H]2OCc2ccccc2)C[C@@H](OC(C)=O)[C@H]1C.COC(=O)[C@@]1(C)C[C@@H](C)[C@@H](C)C([C@H](C)[C@@H](COC(C)=O)OC(C)=O)O1.COC1OC(CO)C(O)[C@@]23C[C@]12OCOC3[C@]1(C(=O)[O-])C[C@@H](O)[C@@H](C)C(C(O)C(O)CO)O1.COc1ccc(COC2[C@H](OC)OC(COCc3ccccc3)[C@H](C)[C@@H]2C=O)cc1. The van der Waals surface area contributed by atoms with Gasteiger partial charge in [0.1, 0.15) is 97.7 Å². The average Bonchev–Trinajstić information content (AvgIpc) is 1.47. The molecule has 0 radical (unpaired) electrons. The smallest absolute Gasteiger partial charge is 0.338 e. The molecular weight excluding hydrogens is 1870 g/mol. The largest absolute Gasteiger partial charge is 0.547 e. The maximum absolute atomic E-state index is 14.3. The predicted octanol–water partition coefficient (Wildman–Crippen LogP) is 5.70. The van der Waals surface area contributed by atoms with Gasteiger partial charge in [-0.25, -0.2) is 9.59 Å². The number of hydrogen-bond donors (Lipinski definition) is 8. The Balaban J connectivity index is 0.000000224. The normalized spacial score (nSPS) is 34.4. The molecule has 1 saturated carbocycles. The van der Waals surface area contributed by atoms with Gasteiger partial charge in [-0.15, -0.1) is 0 Å². The van der Waals surface area contributed by atoms with E-state index in [1.54, 1.807) is 35.0 Å². The lowest BCUT2D eigenvalue weighted by Gasteiger charge is -2.57. The second-order valence-electron chi connectivity index (χ2n) is 39.3. The summed E-state index contributed by atoms with van der Waals surface area (Å²) < 4.78 is 127. The van der Waals surface area contributed by atoms with Gasteiger partial charge in [0.2, 0.25) is 0 Å². The van der Waals surface area contributed by atoms with Gasteiger partial charge in [0, 0.05) is 96.9 Å². The molecule has 39 heteroatoms. The molecule has 8 aliphatic rings. The van der Waals surface area contributed by atoms with Crippen molar-refractivity contribution in [2.75, 3.05) is 82.5 Å². The van der Waals surface area contributed by atoms with Crippen LogP contribution >= 0.6 is 0 Å². The summed E-state index contributed by atoms with van der Waals surface area (Å²) in [5, 5.41) is 98.7. The number of carboxylic acid groups (broad SMARTS) is 1. The van der Waals surface area contributed by atoms with Crippen LogP contribution in [0.5, 0.6) is 5.75 Å². The fourth-order valence-corrected chi connectivity index (χ4v) is 21.3. The molecule has 0 aromatic heterocycles. The van der Waals surface area contributed by atoms with E-state index in [1.807, 2.05) is 157 Å². The van der Waals surface area contributed by atoms with Crippen molar-refractivity contribution in [3.05, 3.63) is 138 Å². The number of aliphatic hydroxyl groups excluding tert-OH is 8. The van der Waals surface area contributed by atoms with Crippen molar-refractivity contribution in [2.24, 2.45) is 64.1 Å². The van der Waals surface area contributed by atoms with Gasteiger partial charge in [-0.05, 0) is 78.3 Å². The second kappa shape index (κ2) is 53.0. The summed E-state index contributed by atoms with van der Waals surface area (Å²) in [5.74, 6) is -7.44. The molecule has 0 spiro atoms. The third-order valence-corrected chi connectivity index (χ3v) is 29.8. The minimum Gasteiger partial charge on any atom is -0.547 e. The number of esters is 6. The molecule has 0 amide bonds. The summed E-state index contributed by atoms with van der Waals surface area (Å²) >= 11 is 0. The van der Waals surface area contributed by atoms with Crippen molar-refractivity contribution >= 4 is 48.1 Å². The number of carbonyl (C=O) groups is 8. The summed E-state index contributed by atoms with van der Waals surface area (Å²) in [4.78, 5) is 98.3. The summed E-state index contributed by atoms with van der Waals surface area (Å²) in [5.41, 5.74) is -5.88. The van der Waals surface area contributed by atoms with Crippen LogP contribution in [0.3, 0.4) is 0 Å². The Bertz CT molecular complexity index is 4640. The van der Waals surface area contributed by atoms with Gasteiger partial charge in [-0.2, -0.15) is 0 Å². The number of rotatable bonds is 40. The van der Waals surface area contributed by atoms with E-state index < -0.39 is 242 Å². The van der Waals surface area contributed by atoms with E-state index in [1.165, 1.54) is 63.1 Å². The molecule has 4 aromatic carbocycles. The fourth-order valence-electron chi connectivity index (χ4n) is 21.3. The molecule has 39 nitrogen and oxygen atoms in total. The van der Waals surface area contributed by atoms with Crippen LogP contribution in [0, 0.1) is 64.1 Å². The first-order valence-electron chi connectivity index (χ1n) is 48.6. The molecule has 1 aliphatic carbocycles. The first kappa shape index (κ1) is 118. The minimum absolute atomic E-state index is 0.0173. The molecule has 7 aliphatic heterocycles. The van der Waals surface area contributed by atoms with E-state index in [4.69, 9.17) is 104 Å². The van der Waals surface area contributed by atoms with Crippen LogP contribution in [0.4, 0.5) is 0 Å². The van der Waals surface area contributed by atoms with Crippen LogP contribution in [-0.2, 0) is 164 Å². The topological polar surface area (TPSA) is 525 Å². The molecule has 0 bridgehead atoms. The molecular formula is C104H151O39-. The van der Waals surface area contributed by atoms with Crippen LogP contribution in [0.25, 0.3) is 0 Å². The van der Waals surface area contributed by atoms with Crippen LogP contribution in [-0.4, -0.2) is 323 Å². The van der Waals surface area contributed by atoms with Gasteiger partial charge in [0.25, 0.3) is 0 Å². The maximum Gasteiger partial charge on any atom is 0.338 e. The quantitative estimate of drug-likeness (QED) is 0.0150. The molecule has 8 N–H and O–H groups in total. The molecule has 16 unspecified atom stereocenters. The highest BCUT2D eigenvalue weighted by Crippen LogP contribution is 2.73.